The van der Waals surface area contributed by atoms with Crippen molar-refractivity contribution in [1.82, 2.24) is 10.3 Å². The van der Waals surface area contributed by atoms with Crippen LogP contribution in [0.5, 0.6) is 0 Å². The van der Waals surface area contributed by atoms with Gasteiger partial charge < -0.3 is 19.5 Å². The Hall–Kier alpha value is -3.60. The van der Waals surface area contributed by atoms with E-state index in [9.17, 15) is 24.0 Å². The molecule has 0 spiro atoms. The van der Waals surface area contributed by atoms with Crippen molar-refractivity contribution in [3.05, 3.63) is 53.7 Å². The van der Waals surface area contributed by atoms with Crippen LogP contribution in [0.3, 0.4) is 0 Å². The van der Waals surface area contributed by atoms with Gasteiger partial charge in [-0.1, -0.05) is 53.7 Å². The summed E-state index contributed by atoms with van der Waals surface area (Å²) < 4.78 is 17.6. The van der Waals surface area contributed by atoms with Crippen molar-refractivity contribution in [3.8, 4) is 11.3 Å². The summed E-state index contributed by atoms with van der Waals surface area (Å²) in [4.78, 5) is 65.3. The molecule has 2 aromatic rings. The highest BCUT2D eigenvalue weighted by Gasteiger charge is 2.34. The number of hydrogen-bond acceptors (Lipinski definition) is 9. The number of amides is 1. The molecule has 0 atom stereocenters. The van der Waals surface area contributed by atoms with Gasteiger partial charge in [-0.05, 0) is 24.3 Å². The number of carbonyl (C=O) groups is 5. The fourth-order valence-corrected chi connectivity index (χ4v) is 4.16. The van der Waals surface area contributed by atoms with E-state index in [0.717, 1.165) is 5.56 Å². The van der Waals surface area contributed by atoms with E-state index in [1.165, 1.54) is 0 Å². The van der Waals surface area contributed by atoms with Crippen molar-refractivity contribution >= 4 is 29.0 Å². The van der Waals surface area contributed by atoms with Crippen LogP contribution in [0.15, 0.2) is 42.6 Å². The van der Waals surface area contributed by atoms with Crippen LogP contribution in [0.25, 0.3) is 11.3 Å². The smallest absolute Gasteiger partial charge is 0.251 e. The minimum Gasteiger partial charge on any atom is -0.378 e. The van der Waals surface area contributed by atoms with Crippen LogP contribution in [0, 0.1) is 0 Å². The summed E-state index contributed by atoms with van der Waals surface area (Å²) in [6, 6.07) is 10.4. The molecule has 0 aliphatic rings. The summed E-state index contributed by atoms with van der Waals surface area (Å²) in [5.74, 6) is -0.205. The Morgan fingerprint density at radius 2 is 1.07 bits per heavy atom. The SMILES string of the molecule is CC.CCC(=O)CCOCC(COCCC(=O)CC)(COCCC(=O)CC)NC(=O)c1ccc(-c2ccc(C(=O)CC)cn2)cc1. The van der Waals surface area contributed by atoms with Gasteiger partial charge in [0.1, 0.15) is 22.9 Å². The lowest BCUT2D eigenvalue weighted by molar-refractivity contribution is -0.120. The molecule has 0 aliphatic heterocycles. The zero-order valence-electron chi connectivity index (χ0n) is 28.4. The van der Waals surface area contributed by atoms with Gasteiger partial charge in [-0.25, -0.2) is 0 Å². The highest BCUT2D eigenvalue weighted by Crippen LogP contribution is 2.19. The highest BCUT2D eigenvalue weighted by molar-refractivity contribution is 5.96. The van der Waals surface area contributed by atoms with Crippen molar-refractivity contribution in [1.29, 1.82) is 0 Å². The van der Waals surface area contributed by atoms with Gasteiger partial charge in [0.05, 0.1) is 45.3 Å². The van der Waals surface area contributed by atoms with Gasteiger partial charge >= 0.3 is 0 Å². The number of nitrogens with one attached hydrogen (secondary N) is 1. The Labute approximate surface area is 274 Å². The Bertz CT molecular complexity index is 1170. The Kier molecular flexibility index (Phi) is 20.1. The minimum atomic E-state index is -1.15. The quantitative estimate of drug-likeness (QED) is 0.115. The van der Waals surface area contributed by atoms with Crippen LogP contribution in [-0.4, -0.2) is 79.2 Å². The number of aromatic nitrogens is 1. The lowest BCUT2D eigenvalue weighted by Gasteiger charge is -2.34. The van der Waals surface area contributed by atoms with E-state index in [2.05, 4.69) is 10.3 Å². The molecule has 1 amide bonds. The molecular weight excluding hydrogens is 588 g/mol. The summed E-state index contributed by atoms with van der Waals surface area (Å²) in [6.45, 7) is 11.6. The molecule has 1 aromatic heterocycles. The van der Waals surface area contributed by atoms with Crippen molar-refractivity contribution in [2.45, 2.75) is 92.0 Å². The van der Waals surface area contributed by atoms with Gasteiger partial charge in [0, 0.05) is 67.8 Å². The first-order valence-corrected chi connectivity index (χ1v) is 16.4. The maximum Gasteiger partial charge on any atom is 0.251 e. The normalized spacial score (nSPS) is 10.9. The van der Waals surface area contributed by atoms with Crippen molar-refractivity contribution in [2.75, 3.05) is 39.6 Å². The third-order valence-corrected chi connectivity index (χ3v) is 7.12. The molecule has 1 N–H and O–H groups in total. The van der Waals surface area contributed by atoms with Crippen molar-refractivity contribution < 1.29 is 38.2 Å². The van der Waals surface area contributed by atoms with Gasteiger partial charge in [-0.3, -0.25) is 29.0 Å². The Morgan fingerprint density at radius 1 is 0.630 bits per heavy atom. The molecule has 46 heavy (non-hydrogen) atoms. The Balaban J connectivity index is 0.00000518. The van der Waals surface area contributed by atoms with E-state index in [0.29, 0.717) is 42.5 Å². The van der Waals surface area contributed by atoms with E-state index in [1.807, 2.05) is 13.8 Å². The molecule has 0 unspecified atom stereocenters. The van der Waals surface area contributed by atoms with Crippen LogP contribution in [0.4, 0.5) is 0 Å². The third-order valence-electron chi connectivity index (χ3n) is 7.12. The van der Waals surface area contributed by atoms with E-state index in [-0.39, 0.29) is 82.0 Å². The average Bonchev–Trinajstić information content (AvgIpc) is 3.10. The molecule has 0 saturated heterocycles. The van der Waals surface area contributed by atoms with Crippen LogP contribution < -0.4 is 5.32 Å². The topological polar surface area (TPSA) is 138 Å². The van der Waals surface area contributed by atoms with Crippen molar-refractivity contribution in [2.24, 2.45) is 0 Å². The number of Topliss-reactive ketones (excluding diaryl/α,β-unsaturated/α-hetero) is 4. The second-order valence-corrected chi connectivity index (χ2v) is 10.6. The summed E-state index contributed by atoms with van der Waals surface area (Å²) in [7, 11) is 0. The predicted molar refractivity (Wildman–Crippen MR) is 178 cm³/mol. The molecule has 0 fully saturated rings. The zero-order chi connectivity index (χ0) is 34.4. The number of hydrogen-bond donors (Lipinski definition) is 1. The summed E-state index contributed by atoms with van der Waals surface area (Å²) in [6.07, 6.45) is 3.87. The molecule has 254 valence electrons. The summed E-state index contributed by atoms with van der Waals surface area (Å²) in [5, 5.41) is 3.02. The lowest BCUT2D eigenvalue weighted by atomic mass is 10.0. The molecule has 0 bridgehead atoms. The number of nitrogens with zero attached hydrogens (tertiary/aromatic N) is 1. The molecular formula is C36H52N2O8. The van der Waals surface area contributed by atoms with Gasteiger partial charge in [0.25, 0.3) is 5.91 Å². The standard InChI is InChI=1S/C34H46N2O8.C2H6/c1-5-28(37)15-18-42-22-34(23-43-19-16-29(38)6-2,24-44-20-17-30(39)7-3)36-33(41)26-11-9-25(10-12-26)31-14-13-27(21-35-31)32(40)8-4;1-2/h9-14,21H,5-8,15-20,22-24H2,1-4H3,(H,36,41);1-2H3. The molecule has 10 nitrogen and oxygen atoms in total. The molecule has 1 aromatic carbocycles. The largest absolute Gasteiger partial charge is 0.378 e. The number of ether oxygens (including phenoxy) is 3. The fraction of sp³-hybridized carbons (Fsp3) is 0.556. The second kappa shape index (κ2) is 22.8. The van der Waals surface area contributed by atoms with Crippen LogP contribution in [-0.2, 0) is 28.6 Å². The molecule has 0 saturated carbocycles. The maximum absolute atomic E-state index is 13.5. The van der Waals surface area contributed by atoms with Crippen LogP contribution in [0.2, 0.25) is 0 Å². The van der Waals surface area contributed by atoms with E-state index in [1.54, 1.807) is 70.3 Å². The van der Waals surface area contributed by atoms with Gasteiger partial charge in [0.15, 0.2) is 5.78 Å². The second-order valence-electron chi connectivity index (χ2n) is 10.6. The molecule has 0 radical (unpaired) electrons. The molecule has 10 heteroatoms. The lowest BCUT2D eigenvalue weighted by Crippen LogP contribution is -2.58. The zero-order valence-corrected chi connectivity index (χ0v) is 28.4. The van der Waals surface area contributed by atoms with Gasteiger partial charge in [-0.15, -0.1) is 0 Å². The average molecular weight is 641 g/mol. The maximum atomic E-state index is 13.5. The highest BCUT2D eigenvalue weighted by atomic mass is 16.5. The number of carbonyl (C=O) groups excluding carboxylic acids is 5. The fourth-order valence-electron chi connectivity index (χ4n) is 4.16. The van der Waals surface area contributed by atoms with E-state index < -0.39 is 11.4 Å². The van der Waals surface area contributed by atoms with Crippen molar-refractivity contribution in [3.63, 3.8) is 0 Å². The third kappa shape index (κ3) is 14.7. The van der Waals surface area contributed by atoms with Gasteiger partial charge in [0.2, 0.25) is 0 Å². The number of rotatable bonds is 23. The molecule has 1 heterocycles. The first-order valence-electron chi connectivity index (χ1n) is 16.4. The number of ketones is 4. The van der Waals surface area contributed by atoms with Crippen LogP contribution >= 0.6 is 0 Å². The monoisotopic (exact) mass is 640 g/mol. The summed E-state index contributed by atoms with van der Waals surface area (Å²) in [5.41, 5.74) is 1.21. The first-order chi connectivity index (χ1) is 22.2. The van der Waals surface area contributed by atoms with E-state index in [4.69, 9.17) is 14.2 Å². The molecule has 2 rings (SSSR count). The van der Waals surface area contributed by atoms with Crippen LogP contribution in [0.1, 0.15) is 107 Å². The van der Waals surface area contributed by atoms with E-state index >= 15 is 0 Å². The predicted octanol–water partition coefficient (Wildman–Crippen LogP) is 5.99. The number of pyridine rings is 1. The van der Waals surface area contributed by atoms with Gasteiger partial charge in [-0.2, -0.15) is 0 Å². The summed E-state index contributed by atoms with van der Waals surface area (Å²) >= 11 is 0. The Morgan fingerprint density at radius 3 is 1.43 bits per heavy atom. The first kappa shape index (κ1) is 40.4. The minimum absolute atomic E-state index is 0.00991. The molecule has 0 aliphatic carbocycles. The number of benzene rings is 1.